The van der Waals surface area contributed by atoms with Crippen molar-refractivity contribution in [2.24, 2.45) is 0 Å². The van der Waals surface area contributed by atoms with Crippen molar-refractivity contribution >= 4 is 11.6 Å². The molecule has 0 bridgehead atoms. The number of nitro benzene ring substituents is 1. The Morgan fingerprint density at radius 1 is 1.50 bits per heavy atom. The highest BCUT2D eigenvalue weighted by molar-refractivity contribution is 5.98. The molecule has 108 valence electrons. The number of hydrogen-bond acceptors (Lipinski definition) is 5. The van der Waals surface area contributed by atoms with Crippen molar-refractivity contribution in [3.05, 3.63) is 39.4 Å². The van der Waals surface area contributed by atoms with Gasteiger partial charge in [0.05, 0.1) is 17.1 Å². The van der Waals surface area contributed by atoms with Gasteiger partial charge in [0, 0.05) is 26.3 Å². The third-order valence-electron chi connectivity index (χ3n) is 3.37. The summed E-state index contributed by atoms with van der Waals surface area (Å²) >= 11 is 0. The molecule has 1 aromatic rings. The van der Waals surface area contributed by atoms with Gasteiger partial charge in [-0.15, -0.1) is 0 Å². The second kappa shape index (κ2) is 5.98. The minimum Gasteiger partial charge on any atom is -0.378 e. The lowest BCUT2D eigenvalue weighted by Crippen LogP contribution is -2.43. The van der Waals surface area contributed by atoms with Gasteiger partial charge >= 0.3 is 0 Å². The number of nitrogens with zero attached hydrogens (tertiary/aromatic N) is 1. The molecule has 0 aliphatic carbocycles. The van der Waals surface area contributed by atoms with E-state index >= 15 is 0 Å². The van der Waals surface area contributed by atoms with E-state index in [-0.39, 0.29) is 23.4 Å². The monoisotopic (exact) mass is 279 g/mol. The van der Waals surface area contributed by atoms with Crippen LogP contribution in [0, 0.1) is 17.0 Å². The highest BCUT2D eigenvalue weighted by Gasteiger charge is 2.30. The molecule has 0 aromatic heterocycles. The van der Waals surface area contributed by atoms with Crippen LogP contribution in [-0.4, -0.2) is 43.2 Å². The van der Waals surface area contributed by atoms with E-state index in [0.717, 1.165) is 5.56 Å². The van der Waals surface area contributed by atoms with E-state index in [0.29, 0.717) is 13.1 Å². The third-order valence-corrected chi connectivity index (χ3v) is 3.37. The zero-order valence-electron chi connectivity index (χ0n) is 11.4. The molecule has 2 N–H and O–H groups in total. The second-order valence-electron chi connectivity index (χ2n) is 4.79. The Morgan fingerprint density at radius 3 is 2.90 bits per heavy atom. The van der Waals surface area contributed by atoms with Crippen molar-refractivity contribution < 1.29 is 14.5 Å². The van der Waals surface area contributed by atoms with Crippen molar-refractivity contribution in [2.45, 2.75) is 19.1 Å². The number of carbonyl (C=O) groups is 1. The predicted molar refractivity (Wildman–Crippen MR) is 72.8 cm³/mol. The highest BCUT2D eigenvalue weighted by atomic mass is 16.6. The molecule has 0 saturated carbocycles. The van der Waals surface area contributed by atoms with Crippen molar-refractivity contribution in [3.8, 4) is 0 Å². The Bertz CT molecular complexity index is 532. The maximum Gasteiger partial charge on any atom is 0.282 e. The lowest BCUT2D eigenvalue weighted by atomic mass is 10.1. The minimum atomic E-state index is -0.547. The molecule has 2 atom stereocenters. The summed E-state index contributed by atoms with van der Waals surface area (Å²) in [4.78, 5) is 22.7. The summed E-state index contributed by atoms with van der Waals surface area (Å²) < 4.78 is 5.25. The van der Waals surface area contributed by atoms with Crippen LogP contribution in [0.2, 0.25) is 0 Å². The molecule has 1 unspecified atom stereocenters. The molecular weight excluding hydrogens is 262 g/mol. The molecular formula is C13H17N3O4. The fourth-order valence-electron chi connectivity index (χ4n) is 2.28. The number of amides is 1. The van der Waals surface area contributed by atoms with Crippen LogP contribution in [0.3, 0.4) is 0 Å². The first-order valence-corrected chi connectivity index (χ1v) is 6.32. The SMILES string of the molecule is CO[C@H]1CNCC1NC(=O)c1cc(C)ccc1[N+](=O)[O-]. The first-order valence-electron chi connectivity index (χ1n) is 6.32. The maximum absolute atomic E-state index is 12.2. The fraction of sp³-hybridized carbons (Fsp3) is 0.462. The van der Waals surface area contributed by atoms with Crippen molar-refractivity contribution in [2.75, 3.05) is 20.2 Å². The van der Waals surface area contributed by atoms with Gasteiger partial charge in [0.25, 0.3) is 11.6 Å². The molecule has 1 fully saturated rings. The lowest BCUT2D eigenvalue weighted by molar-refractivity contribution is -0.385. The molecule has 0 spiro atoms. The lowest BCUT2D eigenvalue weighted by Gasteiger charge is -2.18. The molecule has 1 aliphatic rings. The van der Waals surface area contributed by atoms with Crippen LogP contribution >= 0.6 is 0 Å². The molecule has 1 heterocycles. The van der Waals surface area contributed by atoms with Gasteiger partial charge in [-0.2, -0.15) is 0 Å². The van der Waals surface area contributed by atoms with Crippen LogP contribution in [-0.2, 0) is 4.74 Å². The first kappa shape index (κ1) is 14.4. The maximum atomic E-state index is 12.2. The Labute approximate surface area is 116 Å². The summed E-state index contributed by atoms with van der Waals surface area (Å²) in [5.74, 6) is -0.448. The molecule has 2 rings (SSSR count). The first-order chi connectivity index (χ1) is 9.52. The number of rotatable bonds is 4. The van der Waals surface area contributed by atoms with E-state index in [1.54, 1.807) is 20.1 Å². The number of nitro groups is 1. The largest absolute Gasteiger partial charge is 0.378 e. The van der Waals surface area contributed by atoms with Gasteiger partial charge in [0.15, 0.2) is 0 Å². The van der Waals surface area contributed by atoms with Crippen LogP contribution in [0.4, 0.5) is 5.69 Å². The van der Waals surface area contributed by atoms with Crippen molar-refractivity contribution in [3.63, 3.8) is 0 Å². The summed E-state index contributed by atoms with van der Waals surface area (Å²) in [5.41, 5.74) is 0.693. The van der Waals surface area contributed by atoms with E-state index < -0.39 is 10.8 Å². The second-order valence-corrected chi connectivity index (χ2v) is 4.79. The standard InChI is InChI=1S/C13H17N3O4/c1-8-3-4-11(16(18)19)9(5-8)13(17)15-10-6-14-7-12(10)20-2/h3-5,10,12,14H,6-7H2,1-2H3,(H,15,17)/t10?,12-/m0/s1. The highest BCUT2D eigenvalue weighted by Crippen LogP contribution is 2.20. The molecule has 20 heavy (non-hydrogen) atoms. The van der Waals surface area contributed by atoms with E-state index in [2.05, 4.69) is 10.6 Å². The summed E-state index contributed by atoms with van der Waals surface area (Å²) in [7, 11) is 1.58. The molecule has 1 saturated heterocycles. The Morgan fingerprint density at radius 2 is 2.25 bits per heavy atom. The average Bonchev–Trinajstić information content (AvgIpc) is 2.85. The van der Waals surface area contributed by atoms with Crippen LogP contribution in [0.5, 0.6) is 0 Å². The number of nitrogens with one attached hydrogen (secondary N) is 2. The number of hydrogen-bond donors (Lipinski definition) is 2. The molecule has 1 aliphatic heterocycles. The normalized spacial score (nSPS) is 21.7. The number of carbonyl (C=O) groups excluding carboxylic acids is 1. The summed E-state index contributed by atoms with van der Waals surface area (Å²) in [6, 6.07) is 4.31. The molecule has 0 radical (unpaired) electrons. The molecule has 7 heteroatoms. The van der Waals surface area contributed by atoms with E-state index in [1.807, 2.05) is 0 Å². The Balaban J connectivity index is 2.20. The Kier molecular flexibility index (Phi) is 4.31. The Hall–Kier alpha value is -1.99. The summed E-state index contributed by atoms with van der Waals surface area (Å²) in [6.45, 7) is 3.02. The number of ether oxygens (including phenoxy) is 1. The van der Waals surface area contributed by atoms with Gasteiger partial charge in [-0.3, -0.25) is 14.9 Å². The van der Waals surface area contributed by atoms with Gasteiger partial charge in [0.2, 0.25) is 0 Å². The van der Waals surface area contributed by atoms with Gasteiger partial charge < -0.3 is 15.4 Å². The quantitative estimate of drug-likeness (QED) is 0.622. The average molecular weight is 279 g/mol. The number of methoxy groups -OCH3 is 1. The molecule has 1 aromatic carbocycles. The predicted octanol–water partition coefficient (Wildman–Crippen LogP) is 0.620. The van der Waals surface area contributed by atoms with Gasteiger partial charge in [-0.05, 0) is 18.6 Å². The van der Waals surface area contributed by atoms with E-state index in [4.69, 9.17) is 4.74 Å². The number of aryl methyl sites for hydroxylation is 1. The third kappa shape index (κ3) is 2.94. The number of benzene rings is 1. The minimum absolute atomic E-state index is 0.0803. The van der Waals surface area contributed by atoms with E-state index in [9.17, 15) is 14.9 Å². The van der Waals surface area contributed by atoms with Crippen LogP contribution in [0.15, 0.2) is 18.2 Å². The molecule has 1 amide bonds. The van der Waals surface area contributed by atoms with Crippen molar-refractivity contribution in [1.29, 1.82) is 0 Å². The zero-order valence-corrected chi connectivity index (χ0v) is 11.4. The van der Waals surface area contributed by atoms with Crippen LogP contribution < -0.4 is 10.6 Å². The van der Waals surface area contributed by atoms with Gasteiger partial charge in [-0.1, -0.05) is 6.07 Å². The topological polar surface area (TPSA) is 93.5 Å². The van der Waals surface area contributed by atoms with Gasteiger partial charge in [0.1, 0.15) is 5.56 Å². The van der Waals surface area contributed by atoms with Gasteiger partial charge in [-0.25, -0.2) is 0 Å². The van der Waals surface area contributed by atoms with E-state index in [1.165, 1.54) is 12.1 Å². The molecule has 7 nitrogen and oxygen atoms in total. The van der Waals surface area contributed by atoms with Crippen LogP contribution in [0.25, 0.3) is 0 Å². The summed E-state index contributed by atoms with van der Waals surface area (Å²) in [5, 5.41) is 16.9. The summed E-state index contributed by atoms with van der Waals surface area (Å²) in [6.07, 6.45) is -0.122. The zero-order chi connectivity index (χ0) is 14.7. The van der Waals surface area contributed by atoms with Crippen molar-refractivity contribution in [1.82, 2.24) is 10.6 Å². The van der Waals surface area contributed by atoms with Crippen LogP contribution in [0.1, 0.15) is 15.9 Å². The fourth-order valence-corrected chi connectivity index (χ4v) is 2.28. The smallest absolute Gasteiger partial charge is 0.282 e.